The number of alkyl halides is 3. The van der Waals surface area contributed by atoms with Crippen molar-refractivity contribution in [1.29, 1.82) is 0 Å². The van der Waals surface area contributed by atoms with Gasteiger partial charge in [-0.2, -0.15) is 0 Å². The highest BCUT2D eigenvalue weighted by molar-refractivity contribution is 6.30. The van der Waals surface area contributed by atoms with Gasteiger partial charge in [-0.25, -0.2) is 4.39 Å². The van der Waals surface area contributed by atoms with Crippen molar-refractivity contribution in [2.75, 3.05) is 13.2 Å². The number of amides is 2. The number of hydrogen-bond donors (Lipinski definition) is 2. The fourth-order valence-electron chi connectivity index (χ4n) is 4.12. The molecular formula is C23H22ClF4N3O4. The normalized spacial score (nSPS) is 19.7. The number of carbonyl (C=O) groups is 2. The molecule has 0 aromatic heterocycles. The molecular weight excluding hydrogens is 494 g/mol. The maximum Gasteiger partial charge on any atom is 0.573 e. The van der Waals surface area contributed by atoms with Gasteiger partial charge >= 0.3 is 6.36 Å². The van der Waals surface area contributed by atoms with Gasteiger partial charge in [0.05, 0.1) is 11.1 Å². The number of ether oxygens (including phenoxy) is 2. The van der Waals surface area contributed by atoms with E-state index >= 15 is 0 Å². The molecule has 2 N–H and O–H groups in total. The minimum atomic E-state index is -4.78. The van der Waals surface area contributed by atoms with E-state index < -0.39 is 18.2 Å². The van der Waals surface area contributed by atoms with Crippen LogP contribution < -0.4 is 20.1 Å². The van der Waals surface area contributed by atoms with E-state index in [1.54, 1.807) is 4.90 Å². The number of halogens is 5. The van der Waals surface area contributed by atoms with Crippen molar-refractivity contribution in [1.82, 2.24) is 15.5 Å². The second kappa shape index (κ2) is 10.3. The van der Waals surface area contributed by atoms with Crippen LogP contribution in [-0.2, 0) is 22.7 Å². The number of carbonyl (C=O) groups excluding carboxylic acids is 2. The molecule has 2 aromatic carbocycles. The van der Waals surface area contributed by atoms with Crippen LogP contribution in [0.3, 0.4) is 0 Å². The summed E-state index contributed by atoms with van der Waals surface area (Å²) in [6.45, 7) is 0.569. The maximum atomic E-state index is 13.4. The fourth-order valence-corrected chi connectivity index (χ4v) is 4.24. The molecule has 0 bridgehead atoms. The van der Waals surface area contributed by atoms with Crippen LogP contribution in [0.2, 0.25) is 5.02 Å². The third-order valence-electron chi connectivity index (χ3n) is 5.78. The van der Waals surface area contributed by atoms with E-state index in [0.29, 0.717) is 31.5 Å². The zero-order valence-corrected chi connectivity index (χ0v) is 19.1. The third-order valence-corrected chi connectivity index (χ3v) is 6.09. The van der Waals surface area contributed by atoms with Crippen LogP contribution in [-0.4, -0.2) is 48.3 Å². The highest BCUT2D eigenvalue weighted by Gasteiger charge is 2.34. The summed E-state index contributed by atoms with van der Waals surface area (Å²) in [4.78, 5) is 26.7. The first-order valence-electron chi connectivity index (χ1n) is 10.8. The van der Waals surface area contributed by atoms with Gasteiger partial charge in [0.2, 0.25) is 5.91 Å². The molecule has 1 fully saturated rings. The molecule has 4 rings (SSSR count). The molecule has 35 heavy (non-hydrogen) atoms. The summed E-state index contributed by atoms with van der Waals surface area (Å²) < 4.78 is 60.0. The van der Waals surface area contributed by atoms with Crippen molar-refractivity contribution >= 4 is 23.4 Å². The van der Waals surface area contributed by atoms with Gasteiger partial charge in [0.15, 0.2) is 6.61 Å². The Kier molecular flexibility index (Phi) is 7.36. The Morgan fingerprint density at radius 3 is 2.51 bits per heavy atom. The molecule has 0 radical (unpaired) electrons. The fraction of sp³-hybridized carbons (Fsp3) is 0.391. The van der Waals surface area contributed by atoms with Crippen LogP contribution in [0, 0.1) is 5.82 Å². The van der Waals surface area contributed by atoms with E-state index in [2.05, 4.69) is 15.4 Å². The van der Waals surface area contributed by atoms with Gasteiger partial charge in [0.25, 0.3) is 5.91 Å². The van der Waals surface area contributed by atoms with Gasteiger partial charge in [-0.1, -0.05) is 17.7 Å². The number of nitrogens with one attached hydrogen (secondary N) is 2. The first-order chi connectivity index (χ1) is 16.6. The molecule has 12 heteroatoms. The zero-order chi connectivity index (χ0) is 25.2. The highest BCUT2D eigenvalue weighted by Crippen LogP contribution is 2.30. The summed E-state index contributed by atoms with van der Waals surface area (Å²) in [5, 5.41) is 5.89. The van der Waals surface area contributed by atoms with Crippen molar-refractivity contribution in [3.05, 3.63) is 58.4 Å². The number of hydrogen-bond acceptors (Lipinski definition) is 5. The van der Waals surface area contributed by atoms with Crippen molar-refractivity contribution in [3.63, 3.8) is 0 Å². The first-order valence-corrected chi connectivity index (χ1v) is 11.2. The molecule has 0 saturated carbocycles. The van der Waals surface area contributed by atoms with Crippen molar-refractivity contribution in [3.8, 4) is 11.5 Å². The Hall–Kier alpha value is -3.05. The lowest BCUT2D eigenvalue weighted by Crippen LogP contribution is -2.55. The molecule has 2 aliphatic heterocycles. The third kappa shape index (κ3) is 6.55. The Morgan fingerprint density at radius 1 is 1.09 bits per heavy atom. The molecule has 188 valence electrons. The van der Waals surface area contributed by atoms with Crippen LogP contribution in [0.15, 0.2) is 36.4 Å². The molecule has 2 amide bonds. The van der Waals surface area contributed by atoms with Crippen molar-refractivity contribution in [2.24, 2.45) is 0 Å². The lowest BCUT2D eigenvalue weighted by atomic mass is 9.99. The summed E-state index contributed by atoms with van der Waals surface area (Å²) in [5.41, 5.74) is 1.39. The number of rotatable bonds is 6. The summed E-state index contributed by atoms with van der Waals surface area (Å²) in [5.74, 6) is -1.32. The standard InChI is InChI=1S/C23H22ClF4N3O4/c24-18-5-4-16(8-19(18)25)34-12-21(32)30-15-2-6-20(29-9-15)22(33)31-10-13-1-3-17(7-14(13)11-31)35-23(26,27)28/h1,3-5,7-8,15,20,29H,2,6,9-12H2,(H,30,32)/t15-,20+/m0/s1. The van der Waals surface area contributed by atoms with Gasteiger partial charge in [-0.3, -0.25) is 9.59 Å². The molecule has 1 saturated heterocycles. The molecule has 2 aliphatic rings. The average molecular weight is 516 g/mol. The molecule has 2 heterocycles. The Balaban J connectivity index is 1.22. The van der Waals surface area contributed by atoms with E-state index in [1.807, 2.05) is 0 Å². The van der Waals surface area contributed by atoms with Crippen molar-refractivity contribution in [2.45, 2.75) is 44.4 Å². The summed E-state index contributed by atoms with van der Waals surface area (Å²) in [7, 11) is 0. The quantitative estimate of drug-likeness (QED) is 0.575. The number of nitrogens with zero attached hydrogens (tertiary/aromatic N) is 1. The molecule has 0 aliphatic carbocycles. The SMILES string of the molecule is O=C(COc1ccc(Cl)c(F)c1)N[C@H]1CC[C@H](C(=O)N2Cc3ccc(OC(F)(F)F)cc3C2)NC1. The first kappa shape index (κ1) is 25.1. The monoisotopic (exact) mass is 515 g/mol. The van der Waals surface area contributed by atoms with E-state index in [0.717, 1.165) is 11.6 Å². The highest BCUT2D eigenvalue weighted by atomic mass is 35.5. The summed E-state index contributed by atoms with van der Waals surface area (Å²) in [6, 6.07) is 7.28. The Labute approximate surface area is 203 Å². The summed E-state index contributed by atoms with van der Waals surface area (Å²) >= 11 is 5.61. The van der Waals surface area contributed by atoms with Gasteiger partial charge in [0.1, 0.15) is 17.3 Å². The second-order valence-electron chi connectivity index (χ2n) is 8.34. The van der Waals surface area contributed by atoms with Gasteiger partial charge < -0.3 is 25.0 Å². The zero-order valence-electron chi connectivity index (χ0n) is 18.3. The number of piperidine rings is 1. The Bertz CT molecular complexity index is 1110. The van der Waals surface area contributed by atoms with Gasteiger partial charge in [0, 0.05) is 31.7 Å². The predicted octanol–water partition coefficient (Wildman–Crippen LogP) is 3.54. The van der Waals surface area contributed by atoms with Crippen molar-refractivity contribution < 1.29 is 36.6 Å². The second-order valence-corrected chi connectivity index (χ2v) is 8.75. The van der Waals surface area contributed by atoms with Gasteiger partial charge in [-0.15, -0.1) is 13.2 Å². The van der Waals surface area contributed by atoms with Crippen LogP contribution >= 0.6 is 11.6 Å². The van der Waals surface area contributed by atoms with Crippen LogP contribution in [0.5, 0.6) is 11.5 Å². The molecule has 2 atom stereocenters. The molecule has 7 nitrogen and oxygen atoms in total. The van der Waals surface area contributed by atoms with E-state index in [-0.39, 0.29) is 47.5 Å². The lowest BCUT2D eigenvalue weighted by Gasteiger charge is -2.32. The molecule has 0 spiro atoms. The average Bonchev–Trinajstić information content (AvgIpc) is 3.22. The molecule has 0 unspecified atom stereocenters. The van der Waals surface area contributed by atoms with Gasteiger partial charge in [-0.05, 0) is 48.2 Å². The topological polar surface area (TPSA) is 79.9 Å². The summed E-state index contributed by atoms with van der Waals surface area (Å²) in [6.07, 6.45) is -3.75. The Morgan fingerprint density at radius 2 is 1.83 bits per heavy atom. The minimum Gasteiger partial charge on any atom is -0.484 e. The van der Waals surface area contributed by atoms with E-state index in [4.69, 9.17) is 16.3 Å². The smallest absolute Gasteiger partial charge is 0.484 e. The number of fused-ring (bicyclic) bond motifs is 1. The predicted molar refractivity (Wildman–Crippen MR) is 117 cm³/mol. The molecule has 2 aromatic rings. The maximum absolute atomic E-state index is 13.4. The lowest BCUT2D eigenvalue weighted by molar-refractivity contribution is -0.274. The van der Waals surface area contributed by atoms with E-state index in [9.17, 15) is 27.2 Å². The largest absolute Gasteiger partial charge is 0.573 e. The van der Waals surface area contributed by atoms with Crippen LogP contribution in [0.4, 0.5) is 17.6 Å². The minimum absolute atomic E-state index is 0.0442. The number of benzene rings is 2. The van der Waals surface area contributed by atoms with E-state index in [1.165, 1.54) is 30.3 Å². The van der Waals surface area contributed by atoms with Crippen LogP contribution in [0.1, 0.15) is 24.0 Å². The van der Waals surface area contributed by atoms with Crippen LogP contribution in [0.25, 0.3) is 0 Å².